The molecule has 2 aliphatic rings. The first-order valence-corrected chi connectivity index (χ1v) is 28.1. The number of aromatic amines is 1. The fraction of sp³-hybridized carbons (Fsp3) is 0.525. The highest BCUT2D eigenvalue weighted by Gasteiger charge is 2.55. The molecular formula is C40H51FN11O13P2SSi+. The third-order valence-corrected chi connectivity index (χ3v) is 18.9. The van der Waals surface area contributed by atoms with Gasteiger partial charge in [-0.2, -0.15) is 10.2 Å². The number of nitriles is 1. The molecule has 0 aliphatic carbocycles. The predicted molar refractivity (Wildman–Crippen MR) is 249 cm³/mol. The summed E-state index contributed by atoms with van der Waals surface area (Å²) >= 11 is 6.00. The fourth-order valence-electron chi connectivity index (χ4n) is 7.08. The zero-order chi connectivity index (χ0) is 50.0. The van der Waals surface area contributed by atoms with E-state index in [9.17, 15) is 34.2 Å². The Kier molecular flexibility index (Phi) is 16.0. The van der Waals surface area contributed by atoms with E-state index < -0.39 is 109 Å². The van der Waals surface area contributed by atoms with Crippen LogP contribution in [0.25, 0.3) is 22.3 Å². The Morgan fingerprint density at radius 1 is 1.01 bits per heavy atom. The summed E-state index contributed by atoms with van der Waals surface area (Å²) in [4.78, 5) is 72.7. The molecule has 2 aliphatic heterocycles. The minimum Gasteiger partial charge on any atom is -0.408 e. The van der Waals surface area contributed by atoms with E-state index in [0.29, 0.717) is 5.56 Å². The van der Waals surface area contributed by atoms with Gasteiger partial charge in [-0.1, -0.05) is 52.8 Å². The number of carbonyl (C=O) groups is 2. The molecule has 24 nitrogen and oxygen atoms in total. The fourth-order valence-corrected chi connectivity index (χ4v) is 10.9. The Morgan fingerprint density at radius 2 is 1.70 bits per heavy atom. The van der Waals surface area contributed by atoms with Gasteiger partial charge in [0, 0.05) is 16.0 Å². The molecule has 4 aromatic heterocycles. The standard InChI is InChI=1S/C40H50FN11O13P2SSi/c1-21(2)34(54)49-39-48-33-27(36(56)50-39)46-20-52(33)38-30(29(23(16-53)61-38)65-69(6,7)40(3,4)5)64-67(68,59-15-11-14-42)60-17-24-28(63-66(57)58)25(41)37(62-24)51-19-45-26-31(43-18-44-32(26)51)47-35(55)22-12-9-8-10-13-22/h8-10,12-13,18-21,23-25,28-30,37-38,53H,11,15-17H2,1-7H3,(H3-,43,44,47,48,49,50,54,55,56,57,58)/p+1/t23-,24-,25?,28?,29?,30?,37-,38-,67?/m1/s1. The Hall–Kier alpha value is -4.91. The highest BCUT2D eigenvalue weighted by atomic mass is 32.5. The number of alkyl halides is 1. The Balaban J connectivity index is 1.22. The summed E-state index contributed by atoms with van der Waals surface area (Å²) in [6, 6.07) is 10.3. The van der Waals surface area contributed by atoms with Crippen LogP contribution in [0.4, 0.5) is 16.2 Å². The molecule has 2 saturated heterocycles. The van der Waals surface area contributed by atoms with Crippen LogP contribution in [0.3, 0.4) is 0 Å². The lowest BCUT2D eigenvalue weighted by Gasteiger charge is -2.41. The molecule has 69 heavy (non-hydrogen) atoms. The molecule has 7 rings (SSSR count). The van der Waals surface area contributed by atoms with Crippen LogP contribution in [0.1, 0.15) is 63.9 Å². The van der Waals surface area contributed by atoms with Gasteiger partial charge in [0.05, 0.1) is 45.0 Å². The number of nitrogens with one attached hydrogen (secondary N) is 3. The van der Waals surface area contributed by atoms with Crippen molar-refractivity contribution in [1.82, 2.24) is 39.0 Å². The average molecular weight is 1040 g/mol. The summed E-state index contributed by atoms with van der Waals surface area (Å²) in [5, 5.41) is 25.1. The Labute approximate surface area is 400 Å². The number of amides is 2. The summed E-state index contributed by atoms with van der Waals surface area (Å²) in [5.74, 6) is -1.56. The molecule has 2 fully saturated rings. The third-order valence-electron chi connectivity index (χ3n) is 11.7. The molecule has 5 aromatic rings. The monoisotopic (exact) mass is 1030 g/mol. The SMILES string of the molecule is CC(C)C(=O)Nc1nc2c(ncn2[C@@H]2O[C@H](CO)C(O[Si](C)(C)C(C)(C)C)C2OP(=S)(OCCC#N)OC[C@H]2O[C@@H](n3cnc4c(NC(=O)c5ccccc5)ncnc43)C(F)C2O[P+](=O)O)c(=O)[nH]1. The van der Waals surface area contributed by atoms with Gasteiger partial charge in [0.1, 0.15) is 30.7 Å². The van der Waals surface area contributed by atoms with Crippen LogP contribution in [0, 0.1) is 17.2 Å². The zero-order valence-electron chi connectivity index (χ0n) is 38.3. The van der Waals surface area contributed by atoms with E-state index in [0.717, 1.165) is 6.33 Å². The van der Waals surface area contributed by atoms with Crippen molar-refractivity contribution in [2.24, 2.45) is 5.92 Å². The second-order valence-corrected chi connectivity index (χ2v) is 26.1. The molecule has 0 spiro atoms. The number of anilines is 2. The van der Waals surface area contributed by atoms with Crippen molar-refractivity contribution >= 4 is 81.0 Å². The number of imidazole rings is 2. The lowest BCUT2D eigenvalue weighted by Crippen LogP contribution is -2.50. The van der Waals surface area contributed by atoms with Gasteiger partial charge in [0.2, 0.25) is 11.9 Å². The molecule has 370 valence electrons. The van der Waals surface area contributed by atoms with Crippen molar-refractivity contribution in [3.05, 3.63) is 65.2 Å². The van der Waals surface area contributed by atoms with Crippen molar-refractivity contribution in [2.75, 3.05) is 30.5 Å². The van der Waals surface area contributed by atoms with E-state index in [1.54, 1.807) is 44.2 Å². The molecule has 5 N–H and O–H groups in total. The number of H-pyrrole nitrogens is 1. The van der Waals surface area contributed by atoms with E-state index in [1.165, 1.54) is 21.8 Å². The summed E-state index contributed by atoms with van der Waals surface area (Å²) in [7, 11) is -6.19. The van der Waals surface area contributed by atoms with E-state index in [-0.39, 0.29) is 52.2 Å². The maximum Gasteiger partial charge on any atom is 0.695 e. The highest BCUT2D eigenvalue weighted by Crippen LogP contribution is 2.56. The molecule has 2 amide bonds. The number of halogens is 1. The molecule has 6 unspecified atom stereocenters. The molecule has 0 bridgehead atoms. The van der Waals surface area contributed by atoms with Crippen LogP contribution in [-0.4, -0.2) is 126 Å². The van der Waals surface area contributed by atoms with Gasteiger partial charge < -0.3 is 33.4 Å². The first-order chi connectivity index (χ1) is 32.6. The van der Waals surface area contributed by atoms with Crippen molar-refractivity contribution in [1.29, 1.82) is 5.26 Å². The van der Waals surface area contributed by atoms with Crippen LogP contribution < -0.4 is 16.2 Å². The van der Waals surface area contributed by atoms with Gasteiger partial charge in [-0.25, -0.2) is 24.3 Å². The molecule has 6 heterocycles. The predicted octanol–water partition coefficient (Wildman–Crippen LogP) is 4.91. The number of aromatic nitrogens is 8. The van der Waals surface area contributed by atoms with Crippen LogP contribution in [0.5, 0.6) is 0 Å². The summed E-state index contributed by atoms with van der Waals surface area (Å²) in [6.45, 7) is 7.41. The van der Waals surface area contributed by atoms with Gasteiger partial charge in [0.15, 0.2) is 61.2 Å². The van der Waals surface area contributed by atoms with E-state index in [4.69, 9.17) is 43.8 Å². The molecule has 0 radical (unpaired) electrons. The van der Waals surface area contributed by atoms with Crippen molar-refractivity contribution in [3.8, 4) is 6.07 Å². The van der Waals surface area contributed by atoms with Gasteiger partial charge in [0.25, 0.3) is 11.5 Å². The summed E-state index contributed by atoms with van der Waals surface area (Å²) in [5.41, 5.74) is -0.446. The number of nitrogens with zero attached hydrogens (tertiary/aromatic N) is 8. The lowest BCUT2D eigenvalue weighted by atomic mass is 10.1. The smallest absolute Gasteiger partial charge is 0.408 e. The first-order valence-electron chi connectivity index (χ1n) is 21.5. The Morgan fingerprint density at radius 3 is 2.35 bits per heavy atom. The van der Waals surface area contributed by atoms with Crippen molar-refractivity contribution < 1.29 is 60.5 Å². The van der Waals surface area contributed by atoms with E-state index >= 15 is 4.39 Å². The first kappa shape index (κ1) is 51.9. The highest BCUT2D eigenvalue weighted by molar-refractivity contribution is 8.07. The molecule has 29 heteroatoms. The molecule has 1 aromatic carbocycles. The van der Waals surface area contributed by atoms with Crippen LogP contribution in [0.2, 0.25) is 18.1 Å². The average Bonchev–Trinajstić information content (AvgIpc) is 4.07. The maximum atomic E-state index is 16.6. The zero-order valence-corrected chi connectivity index (χ0v) is 41.9. The third kappa shape index (κ3) is 11.3. The van der Waals surface area contributed by atoms with Gasteiger partial charge >= 0.3 is 15.0 Å². The quantitative estimate of drug-likeness (QED) is 0.0417. The van der Waals surface area contributed by atoms with Crippen LogP contribution in [-0.2, 0) is 53.2 Å². The molecule has 0 saturated carbocycles. The number of carbonyl (C=O) groups excluding carboxylic acids is 2. The summed E-state index contributed by atoms with van der Waals surface area (Å²) < 4.78 is 74.9. The van der Waals surface area contributed by atoms with Crippen molar-refractivity contribution in [3.63, 3.8) is 0 Å². The summed E-state index contributed by atoms with van der Waals surface area (Å²) in [6.07, 6.45) is -8.53. The molecule has 10 atom stereocenters. The van der Waals surface area contributed by atoms with E-state index in [1.807, 2.05) is 39.9 Å². The minimum absolute atomic E-state index is 0.0116. The largest absolute Gasteiger partial charge is 0.695 e. The topological polar surface area (TPSA) is 311 Å². The number of rotatable bonds is 19. The number of hydrogen-bond acceptors (Lipinski definition) is 19. The van der Waals surface area contributed by atoms with Gasteiger partial charge in [-0.3, -0.25) is 38.3 Å². The number of ether oxygens (including phenoxy) is 2. The second kappa shape index (κ2) is 21.2. The van der Waals surface area contributed by atoms with Crippen molar-refractivity contribution in [2.45, 2.75) is 108 Å². The number of aliphatic hydroxyl groups excluding tert-OH is 1. The van der Waals surface area contributed by atoms with Crippen LogP contribution >= 0.6 is 15.0 Å². The lowest BCUT2D eigenvalue weighted by molar-refractivity contribution is -0.118. The molecular weight excluding hydrogens is 984 g/mol. The van der Waals surface area contributed by atoms with Gasteiger partial charge in [-0.05, 0) is 42.1 Å². The number of benzene rings is 1. The number of aliphatic hydroxyl groups is 1. The maximum absolute atomic E-state index is 16.6. The Bertz CT molecular complexity index is 2850. The normalized spacial score (nSPS) is 24.1. The van der Waals surface area contributed by atoms with Crippen LogP contribution in [0.15, 0.2) is 54.1 Å². The minimum atomic E-state index is -4.22. The second-order valence-electron chi connectivity index (χ2n) is 17.7. The number of hydrogen-bond donors (Lipinski definition) is 5. The number of fused-ring (bicyclic) bond motifs is 2. The van der Waals surface area contributed by atoms with E-state index in [2.05, 4.69) is 40.5 Å². The van der Waals surface area contributed by atoms with Gasteiger partial charge in [-0.15, -0.1) is 9.42 Å².